The third-order valence-corrected chi connectivity index (χ3v) is 2.95. The predicted octanol–water partition coefficient (Wildman–Crippen LogP) is 4.31. The molecule has 0 saturated carbocycles. The third-order valence-electron chi connectivity index (χ3n) is 2.72. The minimum absolute atomic E-state index is 0.0771. The van der Waals surface area contributed by atoms with Gasteiger partial charge >= 0.3 is 0 Å². The van der Waals surface area contributed by atoms with Crippen molar-refractivity contribution in [3.8, 4) is 0 Å². The fourth-order valence-electron chi connectivity index (χ4n) is 1.87. The Morgan fingerprint density at radius 3 is 1.90 bits per heavy atom. The van der Waals surface area contributed by atoms with Gasteiger partial charge in [0, 0.05) is 17.9 Å². The van der Waals surface area contributed by atoms with Gasteiger partial charge in [0.25, 0.3) is 0 Å². The Morgan fingerprint density at radius 2 is 1.43 bits per heavy atom. The number of hydrogen-bond acceptors (Lipinski definition) is 2. The molecule has 0 saturated heterocycles. The van der Waals surface area contributed by atoms with E-state index in [1.54, 1.807) is 18.2 Å². The molecule has 0 aliphatic rings. The van der Waals surface area contributed by atoms with E-state index in [0.29, 0.717) is 29.2 Å². The first kappa shape index (κ1) is 17.5. The Bertz CT molecular complexity index is 513. The van der Waals surface area contributed by atoms with Crippen molar-refractivity contribution in [2.24, 2.45) is 11.8 Å². The highest BCUT2D eigenvalue weighted by molar-refractivity contribution is 6.31. The van der Waals surface area contributed by atoms with Gasteiger partial charge in [-0.25, -0.2) is 0 Å². The Morgan fingerprint density at radius 1 is 0.952 bits per heavy atom. The van der Waals surface area contributed by atoms with Gasteiger partial charge in [0.1, 0.15) is 0 Å². The van der Waals surface area contributed by atoms with E-state index >= 15 is 0 Å². The summed E-state index contributed by atoms with van der Waals surface area (Å²) < 4.78 is 0. The maximum atomic E-state index is 11.9. The lowest BCUT2D eigenvalue weighted by Crippen LogP contribution is -2.18. The van der Waals surface area contributed by atoms with Crippen molar-refractivity contribution in [3.05, 3.63) is 23.2 Å². The normalized spacial score (nSPS) is 10.8. The fraction of sp³-hybridized carbons (Fsp3) is 0.500. The van der Waals surface area contributed by atoms with Crippen molar-refractivity contribution >= 4 is 34.8 Å². The monoisotopic (exact) mass is 310 g/mol. The summed E-state index contributed by atoms with van der Waals surface area (Å²) in [5.74, 6) is 0.373. The lowest BCUT2D eigenvalue weighted by Gasteiger charge is -2.14. The van der Waals surface area contributed by atoms with E-state index in [4.69, 9.17) is 11.6 Å². The number of anilines is 2. The van der Waals surface area contributed by atoms with Gasteiger partial charge in [-0.1, -0.05) is 39.3 Å². The van der Waals surface area contributed by atoms with Crippen molar-refractivity contribution in [2.45, 2.75) is 40.5 Å². The highest BCUT2D eigenvalue weighted by Crippen LogP contribution is 2.26. The topological polar surface area (TPSA) is 58.2 Å². The highest BCUT2D eigenvalue weighted by atomic mass is 35.5. The molecule has 0 aliphatic carbocycles. The first-order valence-corrected chi connectivity index (χ1v) is 7.55. The molecule has 1 aromatic carbocycles. The molecule has 0 bridgehead atoms. The summed E-state index contributed by atoms with van der Waals surface area (Å²) >= 11 is 5.96. The molecule has 0 aliphatic heterocycles. The quantitative estimate of drug-likeness (QED) is 0.822. The van der Waals surface area contributed by atoms with Crippen molar-refractivity contribution in [3.63, 3.8) is 0 Å². The van der Waals surface area contributed by atoms with E-state index in [2.05, 4.69) is 10.6 Å². The molecule has 2 amide bonds. The Labute approximate surface area is 131 Å². The third kappa shape index (κ3) is 6.63. The fourth-order valence-corrected chi connectivity index (χ4v) is 2.05. The van der Waals surface area contributed by atoms with E-state index in [-0.39, 0.29) is 23.7 Å². The van der Waals surface area contributed by atoms with Crippen molar-refractivity contribution in [2.75, 3.05) is 10.6 Å². The van der Waals surface area contributed by atoms with Crippen LogP contribution >= 0.6 is 11.6 Å². The second kappa shape index (κ2) is 8.03. The number of amides is 2. The summed E-state index contributed by atoms with van der Waals surface area (Å²) in [6.45, 7) is 7.91. The van der Waals surface area contributed by atoms with Gasteiger partial charge in [-0.15, -0.1) is 0 Å². The maximum absolute atomic E-state index is 11.9. The summed E-state index contributed by atoms with van der Waals surface area (Å²) in [6.07, 6.45) is 0.855. The summed E-state index contributed by atoms with van der Waals surface area (Å²) in [5, 5.41) is 6.13. The van der Waals surface area contributed by atoms with Gasteiger partial charge < -0.3 is 10.6 Å². The van der Waals surface area contributed by atoms with E-state index < -0.39 is 0 Å². The number of rotatable bonds is 6. The van der Waals surface area contributed by atoms with Gasteiger partial charge in [0.05, 0.1) is 11.4 Å². The molecule has 0 unspecified atom stereocenters. The van der Waals surface area contributed by atoms with Crippen LogP contribution < -0.4 is 10.6 Å². The molecule has 0 atom stereocenters. The van der Waals surface area contributed by atoms with E-state index in [1.165, 1.54) is 0 Å². The lowest BCUT2D eigenvalue weighted by atomic mass is 10.1. The second-order valence-corrected chi connectivity index (χ2v) is 6.42. The standard InChI is InChI=1S/C16H23ClN2O2/c1-10(2)7-15(20)18-13-6-5-12(17)9-14(13)19-16(21)8-11(3)4/h5-6,9-11H,7-8H2,1-4H3,(H,18,20)(H,19,21). The van der Waals surface area contributed by atoms with Crippen LogP contribution in [0.5, 0.6) is 0 Å². The average Bonchev–Trinajstić information content (AvgIpc) is 2.30. The average molecular weight is 311 g/mol. The predicted molar refractivity (Wildman–Crippen MR) is 87.6 cm³/mol. The van der Waals surface area contributed by atoms with Crippen LogP contribution in [0, 0.1) is 11.8 Å². The molecular weight excluding hydrogens is 288 g/mol. The van der Waals surface area contributed by atoms with Crippen LogP contribution in [0.2, 0.25) is 5.02 Å². The molecule has 0 aromatic heterocycles. The number of carbonyl (C=O) groups is 2. The summed E-state index contributed by atoms with van der Waals surface area (Å²) in [7, 11) is 0. The number of halogens is 1. The largest absolute Gasteiger partial charge is 0.324 e. The molecule has 1 rings (SSSR count). The van der Waals surface area contributed by atoms with Crippen molar-refractivity contribution in [1.29, 1.82) is 0 Å². The molecular formula is C16H23ClN2O2. The Balaban J connectivity index is 2.84. The van der Waals surface area contributed by atoms with Gasteiger partial charge in [-0.05, 0) is 30.0 Å². The first-order chi connectivity index (χ1) is 9.77. The molecule has 0 fully saturated rings. The zero-order valence-corrected chi connectivity index (χ0v) is 13.8. The Kier molecular flexibility index (Phi) is 6.69. The van der Waals surface area contributed by atoms with Crippen LogP contribution in [0.4, 0.5) is 11.4 Å². The number of carbonyl (C=O) groups excluding carboxylic acids is 2. The van der Waals surface area contributed by atoms with Crippen LogP contribution in [0.25, 0.3) is 0 Å². The molecule has 116 valence electrons. The van der Waals surface area contributed by atoms with Crippen molar-refractivity contribution in [1.82, 2.24) is 0 Å². The summed E-state index contributed by atoms with van der Waals surface area (Å²) in [5.41, 5.74) is 1.10. The van der Waals surface area contributed by atoms with Crippen LogP contribution in [0.15, 0.2) is 18.2 Å². The van der Waals surface area contributed by atoms with Gasteiger partial charge in [-0.2, -0.15) is 0 Å². The van der Waals surface area contributed by atoms with Gasteiger partial charge in [-0.3, -0.25) is 9.59 Å². The molecule has 5 heteroatoms. The van der Waals surface area contributed by atoms with E-state index in [1.807, 2.05) is 27.7 Å². The number of hydrogen-bond donors (Lipinski definition) is 2. The van der Waals surface area contributed by atoms with Crippen LogP contribution in [0.3, 0.4) is 0 Å². The molecule has 21 heavy (non-hydrogen) atoms. The van der Waals surface area contributed by atoms with Crippen LogP contribution in [-0.2, 0) is 9.59 Å². The zero-order valence-electron chi connectivity index (χ0n) is 13.0. The zero-order chi connectivity index (χ0) is 16.0. The second-order valence-electron chi connectivity index (χ2n) is 5.98. The van der Waals surface area contributed by atoms with Gasteiger partial charge in [0.2, 0.25) is 11.8 Å². The van der Waals surface area contributed by atoms with E-state index in [0.717, 1.165) is 0 Å². The molecule has 0 radical (unpaired) electrons. The molecule has 0 spiro atoms. The number of benzene rings is 1. The smallest absolute Gasteiger partial charge is 0.224 e. The Hall–Kier alpha value is -1.55. The molecule has 1 aromatic rings. The SMILES string of the molecule is CC(C)CC(=O)Nc1ccc(Cl)cc1NC(=O)CC(C)C. The highest BCUT2D eigenvalue weighted by Gasteiger charge is 2.12. The summed E-state index contributed by atoms with van der Waals surface area (Å²) in [4.78, 5) is 23.7. The van der Waals surface area contributed by atoms with Crippen molar-refractivity contribution < 1.29 is 9.59 Å². The summed E-state index contributed by atoms with van der Waals surface area (Å²) in [6, 6.07) is 5.03. The first-order valence-electron chi connectivity index (χ1n) is 7.17. The van der Waals surface area contributed by atoms with E-state index in [9.17, 15) is 9.59 Å². The molecule has 4 nitrogen and oxygen atoms in total. The molecule has 0 heterocycles. The maximum Gasteiger partial charge on any atom is 0.224 e. The van der Waals surface area contributed by atoms with Crippen LogP contribution in [0.1, 0.15) is 40.5 Å². The van der Waals surface area contributed by atoms with Gasteiger partial charge in [0.15, 0.2) is 0 Å². The minimum Gasteiger partial charge on any atom is -0.324 e. The number of nitrogens with one attached hydrogen (secondary N) is 2. The molecule has 2 N–H and O–H groups in total. The lowest BCUT2D eigenvalue weighted by molar-refractivity contribution is -0.117. The van der Waals surface area contributed by atoms with Crippen LogP contribution in [-0.4, -0.2) is 11.8 Å². The minimum atomic E-state index is -0.0911.